The van der Waals surface area contributed by atoms with Crippen LogP contribution in [0.4, 0.5) is 5.69 Å². The SMILES string of the molecule is CC(=O)c1cccc(NC(=O)[C@@H](C)Sc2ncnc3sc4c(c23)CCC4)c1. The number of fused-ring (bicyclic) bond motifs is 3. The molecule has 1 aromatic carbocycles. The fourth-order valence-electron chi connectivity index (χ4n) is 3.27. The fraction of sp³-hybridized carbons (Fsp3) is 0.300. The molecule has 5 nitrogen and oxygen atoms in total. The third kappa shape index (κ3) is 3.61. The lowest BCUT2D eigenvalue weighted by Crippen LogP contribution is -2.22. The molecule has 0 bridgehead atoms. The number of anilines is 1. The molecule has 1 aliphatic carbocycles. The number of nitrogens with zero attached hydrogens (tertiary/aromatic N) is 2. The highest BCUT2D eigenvalue weighted by Gasteiger charge is 2.24. The first-order chi connectivity index (χ1) is 13.0. The van der Waals surface area contributed by atoms with Gasteiger partial charge in [-0.05, 0) is 50.8 Å². The van der Waals surface area contributed by atoms with Gasteiger partial charge < -0.3 is 5.32 Å². The molecule has 0 unspecified atom stereocenters. The monoisotopic (exact) mass is 397 g/mol. The van der Waals surface area contributed by atoms with Crippen molar-refractivity contribution in [3.8, 4) is 0 Å². The molecule has 2 heterocycles. The van der Waals surface area contributed by atoms with Crippen LogP contribution >= 0.6 is 23.1 Å². The van der Waals surface area contributed by atoms with Crippen molar-refractivity contribution in [3.63, 3.8) is 0 Å². The smallest absolute Gasteiger partial charge is 0.237 e. The highest BCUT2D eigenvalue weighted by atomic mass is 32.2. The maximum atomic E-state index is 12.6. The van der Waals surface area contributed by atoms with E-state index in [4.69, 9.17) is 0 Å². The molecule has 138 valence electrons. The highest BCUT2D eigenvalue weighted by molar-refractivity contribution is 8.00. The number of Topliss-reactive ketones (excluding diaryl/α,β-unsaturated/α-hetero) is 1. The highest BCUT2D eigenvalue weighted by Crippen LogP contribution is 2.40. The van der Waals surface area contributed by atoms with Crippen LogP contribution in [0.1, 0.15) is 41.1 Å². The van der Waals surface area contributed by atoms with Gasteiger partial charge in [-0.1, -0.05) is 23.9 Å². The van der Waals surface area contributed by atoms with Gasteiger partial charge in [0.05, 0.1) is 5.25 Å². The minimum atomic E-state index is -0.318. The molecule has 0 fully saturated rings. The summed E-state index contributed by atoms with van der Waals surface area (Å²) in [6.07, 6.45) is 4.94. The molecule has 1 aliphatic rings. The molecule has 27 heavy (non-hydrogen) atoms. The number of ketones is 1. The van der Waals surface area contributed by atoms with Gasteiger partial charge in [-0.25, -0.2) is 9.97 Å². The predicted molar refractivity (Wildman–Crippen MR) is 110 cm³/mol. The van der Waals surface area contributed by atoms with E-state index in [1.807, 2.05) is 6.92 Å². The van der Waals surface area contributed by atoms with Crippen LogP contribution < -0.4 is 5.32 Å². The minimum Gasteiger partial charge on any atom is -0.325 e. The van der Waals surface area contributed by atoms with Crippen LogP contribution in [0.2, 0.25) is 0 Å². The van der Waals surface area contributed by atoms with Crippen molar-refractivity contribution in [2.45, 2.75) is 43.4 Å². The Kier molecular flexibility index (Phi) is 4.97. The number of carbonyl (C=O) groups is 2. The molecule has 1 atom stereocenters. The number of aromatic nitrogens is 2. The third-order valence-corrected chi connectivity index (χ3v) is 6.96. The van der Waals surface area contributed by atoms with E-state index in [2.05, 4.69) is 15.3 Å². The number of hydrogen-bond donors (Lipinski definition) is 1. The summed E-state index contributed by atoms with van der Waals surface area (Å²) in [4.78, 5) is 35.5. The second-order valence-corrected chi connectivity index (χ2v) is 9.02. The lowest BCUT2D eigenvalue weighted by atomic mass is 10.1. The second-order valence-electron chi connectivity index (χ2n) is 6.60. The summed E-state index contributed by atoms with van der Waals surface area (Å²) in [6, 6.07) is 7.00. The topological polar surface area (TPSA) is 72.0 Å². The average molecular weight is 398 g/mol. The van der Waals surface area contributed by atoms with Crippen LogP contribution in [0.3, 0.4) is 0 Å². The van der Waals surface area contributed by atoms with Crippen LogP contribution in [-0.2, 0) is 17.6 Å². The summed E-state index contributed by atoms with van der Waals surface area (Å²) in [7, 11) is 0. The average Bonchev–Trinajstić information content (AvgIpc) is 3.23. The number of thiophene rings is 1. The zero-order valence-corrected chi connectivity index (χ0v) is 16.7. The van der Waals surface area contributed by atoms with E-state index in [-0.39, 0.29) is 16.9 Å². The van der Waals surface area contributed by atoms with Crippen LogP contribution in [0.5, 0.6) is 0 Å². The second kappa shape index (κ2) is 7.40. The lowest BCUT2D eigenvalue weighted by Gasteiger charge is -2.13. The number of carbonyl (C=O) groups excluding carboxylic acids is 2. The van der Waals surface area contributed by atoms with Crippen molar-refractivity contribution in [2.75, 3.05) is 5.32 Å². The third-order valence-electron chi connectivity index (χ3n) is 4.66. The van der Waals surface area contributed by atoms with E-state index in [9.17, 15) is 9.59 Å². The van der Waals surface area contributed by atoms with Gasteiger partial charge in [0.1, 0.15) is 16.2 Å². The van der Waals surface area contributed by atoms with Gasteiger partial charge in [-0.3, -0.25) is 9.59 Å². The minimum absolute atomic E-state index is 0.0248. The molecule has 0 radical (unpaired) electrons. The van der Waals surface area contributed by atoms with Crippen molar-refractivity contribution >= 4 is 50.7 Å². The molecule has 0 aliphatic heterocycles. The van der Waals surface area contributed by atoms with Crippen LogP contribution in [0.25, 0.3) is 10.2 Å². The first-order valence-corrected chi connectivity index (χ1v) is 10.6. The van der Waals surface area contributed by atoms with Gasteiger partial charge in [-0.15, -0.1) is 11.3 Å². The number of nitrogens with one attached hydrogen (secondary N) is 1. The first-order valence-electron chi connectivity index (χ1n) is 8.86. The molecule has 2 aromatic heterocycles. The Hall–Kier alpha value is -2.25. The van der Waals surface area contributed by atoms with E-state index in [1.54, 1.807) is 41.9 Å². The fourth-order valence-corrected chi connectivity index (χ4v) is 5.51. The number of aryl methyl sites for hydroxylation is 2. The maximum absolute atomic E-state index is 12.6. The summed E-state index contributed by atoms with van der Waals surface area (Å²) in [5, 5.41) is 4.58. The standard InChI is InChI=1S/C20H19N3O2S2/c1-11(24)13-5-3-6-14(9-13)23-18(25)12(2)26-19-17-15-7-4-8-16(15)27-20(17)22-10-21-19/h3,5-6,9-10,12H,4,7-8H2,1-2H3,(H,23,25)/t12-/m1/s1. The van der Waals surface area contributed by atoms with Gasteiger partial charge in [0, 0.05) is 21.5 Å². The Labute approximate surface area is 165 Å². The molecule has 1 N–H and O–H groups in total. The van der Waals surface area contributed by atoms with E-state index in [1.165, 1.54) is 35.5 Å². The molecular weight excluding hydrogens is 378 g/mol. The van der Waals surface area contributed by atoms with E-state index < -0.39 is 0 Å². The Bertz CT molecular complexity index is 1040. The van der Waals surface area contributed by atoms with Crippen molar-refractivity contribution in [1.82, 2.24) is 9.97 Å². The van der Waals surface area contributed by atoms with E-state index in [0.717, 1.165) is 28.1 Å². The summed E-state index contributed by atoms with van der Waals surface area (Å²) in [6.45, 7) is 3.38. The van der Waals surface area contributed by atoms with Gasteiger partial charge in [-0.2, -0.15) is 0 Å². The molecule has 1 amide bonds. The molecule has 4 rings (SSSR count). The van der Waals surface area contributed by atoms with E-state index in [0.29, 0.717) is 11.3 Å². The Morgan fingerprint density at radius 1 is 1.26 bits per heavy atom. The Morgan fingerprint density at radius 2 is 2.11 bits per heavy atom. The van der Waals surface area contributed by atoms with E-state index >= 15 is 0 Å². The van der Waals surface area contributed by atoms with Gasteiger partial charge in [0.15, 0.2) is 5.78 Å². The van der Waals surface area contributed by atoms with Crippen molar-refractivity contribution in [2.24, 2.45) is 0 Å². The van der Waals surface area contributed by atoms with Crippen LogP contribution in [-0.4, -0.2) is 26.9 Å². The molecular formula is C20H19N3O2S2. The van der Waals surface area contributed by atoms with Gasteiger partial charge in [0.2, 0.25) is 5.91 Å². The van der Waals surface area contributed by atoms with Crippen LogP contribution in [0, 0.1) is 0 Å². The van der Waals surface area contributed by atoms with Crippen LogP contribution in [0.15, 0.2) is 35.6 Å². The van der Waals surface area contributed by atoms with Gasteiger partial charge >= 0.3 is 0 Å². The number of thioether (sulfide) groups is 1. The number of benzene rings is 1. The summed E-state index contributed by atoms with van der Waals surface area (Å²) in [5.74, 6) is -0.137. The molecule has 0 saturated heterocycles. The zero-order chi connectivity index (χ0) is 19.0. The summed E-state index contributed by atoms with van der Waals surface area (Å²) < 4.78 is 0. The predicted octanol–water partition coefficient (Wildman–Crippen LogP) is 4.50. The number of rotatable bonds is 5. The normalized spacial score (nSPS) is 14.1. The summed E-state index contributed by atoms with van der Waals surface area (Å²) in [5.41, 5.74) is 2.57. The van der Waals surface area contributed by atoms with Gasteiger partial charge in [0.25, 0.3) is 0 Å². The first kappa shape index (κ1) is 18.1. The molecule has 7 heteroatoms. The largest absolute Gasteiger partial charge is 0.325 e. The van der Waals surface area contributed by atoms with Crippen molar-refractivity contribution in [3.05, 3.63) is 46.6 Å². The van der Waals surface area contributed by atoms with Crippen molar-refractivity contribution < 1.29 is 9.59 Å². The molecule has 0 saturated carbocycles. The quantitative estimate of drug-likeness (QED) is 0.390. The molecule has 3 aromatic rings. The zero-order valence-electron chi connectivity index (χ0n) is 15.1. The Balaban J connectivity index is 1.53. The van der Waals surface area contributed by atoms with Crippen molar-refractivity contribution in [1.29, 1.82) is 0 Å². The summed E-state index contributed by atoms with van der Waals surface area (Å²) >= 11 is 3.20. The Morgan fingerprint density at radius 3 is 2.93 bits per heavy atom. The maximum Gasteiger partial charge on any atom is 0.237 e. The lowest BCUT2D eigenvalue weighted by molar-refractivity contribution is -0.115. The number of hydrogen-bond acceptors (Lipinski definition) is 6. The number of amides is 1. The molecule has 0 spiro atoms.